The molecule has 1 aliphatic rings. The Morgan fingerprint density at radius 2 is 1.67 bits per heavy atom. The lowest BCUT2D eigenvalue weighted by Crippen LogP contribution is -2.41. The van der Waals surface area contributed by atoms with Crippen LogP contribution in [-0.4, -0.2) is 31.8 Å². The molecule has 2 aromatic rings. The summed E-state index contributed by atoms with van der Waals surface area (Å²) in [6.07, 6.45) is -4.60. The fourth-order valence-corrected chi connectivity index (χ4v) is 5.16. The second-order valence-corrected chi connectivity index (χ2v) is 9.34. The molecule has 0 saturated carbocycles. The first-order valence-electron chi connectivity index (χ1n) is 8.84. The number of hydrogen-bond acceptors (Lipinski definition) is 4. The first kappa shape index (κ1) is 22.9. The Morgan fingerprint density at radius 1 is 1.03 bits per heavy atom. The molecule has 1 aliphatic heterocycles. The molecule has 1 heterocycles. The molecule has 1 fully saturated rings. The van der Waals surface area contributed by atoms with Crippen molar-refractivity contribution in [3.63, 3.8) is 0 Å². The Labute approximate surface area is 181 Å². The Bertz CT molecular complexity index is 1050. The van der Waals surface area contributed by atoms with E-state index in [0.717, 1.165) is 22.5 Å². The van der Waals surface area contributed by atoms with E-state index in [2.05, 4.69) is 0 Å². The maximum atomic E-state index is 13.2. The summed E-state index contributed by atoms with van der Waals surface area (Å²) in [5, 5.41) is 0.294. The van der Waals surface area contributed by atoms with E-state index < -0.39 is 38.5 Å². The third-order valence-corrected chi connectivity index (χ3v) is 7.48. The Kier molecular flexibility index (Phi) is 6.66. The van der Waals surface area contributed by atoms with Crippen molar-refractivity contribution in [2.45, 2.75) is 23.9 Å². The van der Waals surface area contributed by atoms with E-state index in [1.54, 1.807) is 6.07 Å². The van der Waals surface area contributed by atoms with Gasteiger partial charge in [0.2, 0.25) is 10.0 Å². The van der Waals surface area contributed by atoms with Crippen LogP contribution >= 0.6 is 23.2 Å². The van der Waals surface area contributed by atoms with Gasteiger partial charge in [-0.15, -0.1) is 0 Å². The van der Waals surface area contributed by atoms with Crippen molar-refractivity contribution in [2.24, 2.45) is 5.92 Å². The average molecular weight is 482 g/mol. The van der Waals surface area contributed by atoms with Crippen LogP contribution in [0.4, 0.5) is 13.2 Å². The van der Waals surface area contributed by atoms with E-state index in [-0.39, 0.29) is 41.7 Å². The van der Waals surface area contributed by atoms with Crippen LogP contribution in [-0.2, 0) is 21.0 Å². The van der Waals surface area contributed by atoms with Crippen molar-refractivity contribution in [1.82, 2.24) is 4.31 Å². The van der Waals surface area contributed by atoms with Crippen molar-refractivity contribution in [1.29, 1.82) is 0 Å². The molecule has 0 radical (unpaired) electrons. The fourth-order valence-electron chi connectivity index (χ4n) is 3.15. The Balaban J connectivity index is 1.71. The highest BCUT2D eigenvalue weighted by Crippen LogP contribution is 2.36. The molecule has 0 bridgehead atoms. The van der Waals surface area contributed by atoms with Gasteiger partial charge in [0, 0.05) is 13.1 Å². The molecule has 5 nitrogen and oxygen atoms in total. The monoisotopic (exact) mass is 481 g/mol. The number of sulfonamides is 1. The molecule has 0 N–H and O–H groups in total. The molecule has 0 amide bonds. The van der Waals surface area contributed by atoms with Gasteiger partial charge < -0.3 is 4.74 Å². The van der Waals surface area contributed by atoms with Crippen molar-refractivity contribution >= 4 is 39.2 Å². The van der Waals surface area contributed by atoms with Gasteiger partial charge in [-0.25, -0.2) is 8.42 Å². The van der Waals surface area contributed by atoms with E-state index in [1.807, 2.05) is 0 Å². The molecule has 30 heavy (non-hydrogen) atoms. The lowest BCUT2D eigenvalue weighted by atomic mass is 9.98. The molecular formula is C19H16Cl2F3NO4S. The Hall–Kier alpha value is -1.81. The number of ether oxygens (including phenoxy) is 1. The highest BCUT2D eigenvalue weighted by molar-refractivity contribution is 7.89. The smallest absolute Gasteiger partial charge is 0.417 e. The normalized spacial score (nSPS) is 16.4. The third kappa shape index (κ3) is 4.74. The van der Waals surface area contributed by atoms with Crippen LogP contribution in [0.5, 0.6) is 5.75 Å². The highest BCUT2D eigenvalue weighted by Gasteiger charge is 2.40. The van der Waals surface area contributed by atoms with Gasteiger partial charge in [0.15, 0.2) is 5.75 Å². The van der Waals surface area contributed by atoms with E-state index in [4.69, 9.17) is 27.9 Å². The zero-order valence-corrected chi connectivity index (χ0v) is 17.7. The number of carbonyl (C=O) groups is 1. The van der Waals surface area contributed by atoms with Gasteiger partial charge >= 0.3 is 12.1 Å². The van der Waals surface area contributed by atoms with Crippen molar-refractivity contribution in [3.8, 4) is 5.75 Å². The first-order valence-corrected chi connectivity index (χ1v) is 11.0. The third-order valence-electron chi connectivity index (χ3n) is 4.72. The first-order chi connectivity index (χ1) is 14.0. The van der Waals surface area contributed by atoms with Gasteiger partial charge in [-0.05, 0) is 37.1 Å². The molecule has 0 aromatic heterocycles. The van der Waals surface area contributed by atoms with Gasteiger partial charge in [-0.2, -0.15) is 17.5 Å². The summed E-state index contributed by atoms with van der Waals surface area (Å²) in [7, 11) is -4.37. The van der Waals surface area contributed by atoms with Crippen LogP contribution in [0.3, 0.4) is 0 Å². The number of piperidine rings is 1. The number of esters is 1. The van der Waals surface area contributed by atoms with Gasteiger partial charge in [-0.3, -0.25) is 4.79 Å². The molecule has 0 unspecified atom stereocenters. The van der Waals surface area contributed by atoms with E-state index in [9.17, 15) is 26.4 Å². The van der Waals surface area contributed by atoms with Crippen LogP contribution in [0.1, 0.15) is 18.4 Å². The summed E-state index contributed by atoms with van der Waals surface area (Å²) >= 11 is 11.9. The summed E-state index contributed by atoms with van der Waals surface area (Å²) in [5.74, 6) is -1.14. The maximum Gasteiger partial charge on any atom is 0.417 e. The summed E-state index contributed by atoms with van der Waals surface area (Å²) in [5.41, 5.74) is -1.22. The van der Waals surface area contributed by atoms with Crippen LogP contribution in [0.15, 0.2) is 47.4 Å². The van der Waals surface area contributed by atoms with Gasteiger partial charge in [-0.1, -0.05) is 41.4 Å². The number of carbonyl (C=O) groups excluding carboxylic acids is 1. The second-order valence-electron chi connectivity index (χ2n) is 6.65. The summed E-state index contributed by atoms with van der Waals surface area (Å²) in [4.78, 5) is 11.6. The van der Waals surface area contributed by atoms with Crippen molar-refractivity contribution in [2.75, 3.05) is 13.1 Å². The largest absolute Gasteiger partial charge is 0.425 e. The number of nitrogens with zero attached hydrogens (tertiary/aromatic N) is 1. The van der Waals surface area contributed by atoms with Crippen LogP contribution in [0.2, 0.25) is 10.0 Å². The maximum absolute atomic E-state index is 13.2. The minimum absolute atomic E-state index is 0.0799. The number of alkyl halides is 3. The molecule has 1 saturated heterocycles. The zero-order valence-electron chi connectivity index (χ0n) is 15.3. The van der Waals surface area contributed by atoms with Gasteiger partial charge in [0.05, 0.1) is 21.4 Å². The van der Waals surface area contributed by atoms with Crippen LogP contribution in [0.25, 0.3) is 0 Å². The van der Waals surface area contributed by atoms with E-state index in [0.29, 0.717) is 0 Å². The molecule has 0 atom stereocenters. The summed E-state index contributed by atoms with van der Waals surface area (Å²) in [6, 6.07) is 8.59. The predicted molar refractivity (Wildman–Crippen MR) is 105 cm³/mol. The average Bonchev–Trinajstić information content (AvgIpc) is 2.71. The molecule has 0 aliphatic carbocycles. The molecule has 11 heteroatoms. The van der Waals surface area contributed by atoms with E-state index >= 15 is 0 Å². The van der Waals surface area contributed by atoms with Crippen molar-refractivity contribution < 1.29 is 31.1 Å². The highest BCUT2D eigenvalue weighted by atomic mass is 35.5. The Morgan fingerprint density at radius 3 is 2.30 bits per heavy atom. The van der Waals surface area contributed by atoms with Crippen LogP contribution < -0.4 is 4.74 Å². The molecule has 3 rings (SSSR count). The molecule has 0 spiro atoms. The minimum Gasteiger partial charge on any atom is -0.425 e. The lowest BCUT2D eigenvalue weighted by Gasteiger charge is -2.30. The number of benzene rings is 2. The fraction of sp³-hybridized carbons (Fsp3) is 0.316. The number of hydrogen-bond donors (Lipinski definition) is 0. The zero-order chi connectivity index (χ0) is 22.1. The van der Waals surface area contributed by atoms with Gasteiger partial charge in [0.25, 0.3) is 0 Å². The van der Waals surface area contributed by atoms with Crippen LogP contribution in [0, 0.1) is 5.92 Å². The quantitative estimate of drug-likeness (QED) is 0.454. The molecule has 162 valence electrons. The number of halogens is 5. The number of rotatable bonds is 4. The topological polar surface area (TPSA) is 63.7 Å². The summed E-state index contributed by atoms with van der Waals surface area (Å²) < 4.78 is 71.4. The van der Waals surface area contributed by atoms with Gasteiger partial charge in [0.1, 0.15) is 5.02 Å². The SMILES string of the molecule is O=C(Oc1cccc(Cl)c1Cl)C1CCN(S(=O)(=O)c2ccccc2C(F)(F)F)CC1. The minimum atomic E-state index is -4.80. The summed E-state index contributed by atoms with van der Waals surface area (Å²) in [6.45, 7) is -0.227. The standard InChI is InChI=1S/C19H16Cl2F3NO4S/c20-14-5-3-6-15(17(14)21)29-18(26)12-8-10-25(11-9-12)30(27,28)16-7-2-1-4-13(16)19(22,23)24/h1-7,12H,8-11H2. The van der Waals surface area contributed by atoms with Crippen molar-refractivity contribution in [3.05, 3.63) is 58.1 Å². The predicted octanol–water partition coefficient (Wildman–Crippen LogP) is 5.02. The lowest BCUT2D eigenvalue weighted by molar-refractivity contribution is -0.140. The van der Waals surface area contributed by atoms with E-state index in [1.165, 1.54) is 18.2 Å². The molecule has 2 aromatic carbocycles. The molecular weight excluding hydrogens is 466 g/mol. The second kappa shape index (κ2) is 8.74.